The van der Waals surface area contributed by atoms with E-state index in [0.29, 0.717) is 41.8 Å². The lowest BCUT2D eigenvalue weighted by molar-refractivity contribution is -0.120. The van der Waals surface area contributed by atoms with Crippen LogP contribution < -0.4 is 0 Å². The van der Waals surface area contributed by atoms with E-state index in [2.05, 4.69) is 26.8 Å². The van der Waals surface area contributed by atoms with E-state index in [0.717, 1.165) is 12.0 Å². The molecular weight excluding hydrogens is 212 g/mol. The molecular formula is C15H24O2. The molecule has 0 aromatic carbocycles. The number of hydrogen-bond donors (Lipinski definition) is 1. The molecule has 0 heterocycles. The van der Waals surface area contributed by atoms with Gasteiger partial charge in [0.05, 0.1) is 6.10 Å². The standard InChI is InChI=1S/C15H24O2/c1-8(2)15-12-5-10(4)13(16)7-11(12)9(3)6-14(15)17/h5,8-9,11-12,14-15,17H,6-7H2,1-4H3/t9-,11+,12+,14+,15+/m0/s1. The third-order valence-corrected chi connectivity index (χ3v) is 4.80. The molecule has 2 nitrogen and oxygen atoms in total. The molecule has 17 heavy (non-hydrogen) atoms. The number of aliphatic hydroxyl groups excluding tert-OH is 1. The fourth-order valence-electron chi connectivity index (χ4n) is 3.85. The van der Waals surface area contributed by atoms with Gasteiger partial charge in [0.2, 0.25) is 0 Å². The predicted molar refractivity (Wildman–Crippen MR) is 68.5 cm³/mol. The summed E-state index contributed by atoms with van der Waals surface area (Å²) in [5, 5.41) is 10.3. The minimum Gasteiger partial charge on any atom is -0.393 e. The Bertz CT molecular complexity index is 343. The molecule has 96 valence electrons. The third kappa shape index (κ3) is 2.20. The van der Waals surface area contributed by atoms with Crippen molar-refractivity contribution in [3.63, 3.8) is 0 Å². The van der Waals surface area contributed by atoms with E-state index >= 15 is 0 Å². The highest BCUT2D eigenvalue weighted by Gasteiger charge is 2.45. The van der Waals surface area contributed by atoms with Crippen molar-refractivity contribution in [1.82, 2.24) is 0 Å². The van der Waals surface area contributed by atoms with Gasteiger partial charge in [-0.3, -0.25) is 4.79 Å². The Morgan fingerprint density at radius 2 is 2.06 bits per heavy atom. The number of carbonyl (C=O) groups excluding carboxylic acids is 1. The largest absolute Gasteiger partial charge is 0.393 e. The molecule has 2 aliphatic carbocycles. The maximum atomic E-state index is 11.8. The second-order valence-corrected chi connectivity index (χ2v) is 6.32. The molecule has 1 fully saturated rings. The van der Waals surface area contributed by atoms with Gasteiger partial charge >= 0.3 is 0 Å². The molecule has 0 spiro atoms. The van der Waals surface area contributed by atoms with Crippen LogP contribution in [0.3, 0.4) is 0 Å². The van der Waals surface area contributed by atoms with Crippen LogP contribution >= 0.6 is 0 Å². The highest BCUT2D eigenvalue weighted by Crippen LogP contribution is 2.47. The van der Waals surface area contributed by atoms with E-state index < -0.39 is 0 Å². The van der Waals surface area contributed by atoms with Crippen molar-refractivity contribution in [1.29, 1.82) is 0 Å². The Morgan fingerprint density at radius 3 is 2.65 bits per heavy atom. The highest BCUT2D eigenvalue weighted by molar-refractivity contribution is 5.95. The maximum Gasteiger partial charge on any atom is 0.158 e. The first-order chi connectivity index (χ1) is 7.91. The van der Waals surface area contributed by atoms with Crippen LogP contribution in [0.1, 0.15) is 40.5 Å². The van der Waals surface area contributed by atoms with Crippen molar-refractivity contribution in [2.24, 2.45) is 29.6 Å². The Morgan fingerprint density at radius 1 is 1.41 bits per heavy atom. The molecule has 0 amide bonds. The van der Waals surface area contributed by atoms with Crippen LogP contribution in [0.4, 0.5) is 0 Å². The number of rotatable bonds is 1. The van der Waals surface area contributed by atoms with Crippen molar-refractivity contribution in [3.8, 4) is 0 Å². The highest BCUT2D eigenvalue weighted by atomic mass is 16.3. The molecule has 2 heteroatoms. The zero-order valence-electron chi connectivity index (χ0n) is 11.3. The van der Waals surface area contributed by atoms with E-state index in [1.54, 1.807) is 0 Å². The van der Waals surface area contributed by atoms with Gasteiger partial charge in [0.15, 0.2) is 5.78 Å². The van der Waals surface area contributed by atoms with Crippen LogP contribution in [0, 0.1) is 29.6 Å². The molecule has 1 N–H and O–H groups in total. The first-order valence-corrected chi connectivity index (χ1v) is 6.81. The Hall–Kier alpha value is -0.630. The summed E-state index contributed by atoms with van der Waals surface area (Å²) in [6.45, 7) is 8.46. The molecule has 0 radical (unpaired) electrons. The van der Waals surface area contributed by atoms with E-state index in [9.17, 15) is 9.90 Å². The monoisotopic (exact) mass is 236 g/mol. The molecule has 1 saturated carbocycles. The lowest BCUT2D eigenvalue weighted by Crippen LogP contribution is -2.46. The summed E-state index contributed by atoms with van der Waals surface area (Å²) in [5.41, 5.74) is 0.901. The zero-order chi connectivity index (χ0) is 12.7. The molecule has 5 atom stereocenters. The van der Waals surface area contributed by atoms with Gasteiger partial charge < -0.3 is 5.11 Å². The summed E-state index contributed by atoms with van der Waals surface area (Å²) in [6, 6.07) is 0. The lowest BCUT2D eigenvalue weighted by Gasteiger charge is -2.47. The number of Topliss-reactive ketones (excluding diaryl/α,β-unsaturated/α-hetero) is 1. The summed E-state index contributed by atoms with van der Waals surface area (Å²) < 4.78 is 0. The minimum absolute atomic E-state index is 0.205. The van der Waals surface area contributed by atoms with Crippen LogP contribution in [0.5, 0.6) is 0 Å². The predicted octanol–water partition coefficient (Wildman–Crippen LogP) is 2.81. The summed E-state index contributed by atoms with van der Waals surface area (Å²) in [4.78, 5) is 11.8. The second-order valence-electron chi connectivity index (χ2n) is 6.32. The Balaban J connectivity index is 2.34. The van der Waals surface area contributed by atoms with Crippen molar-refractivity contribution in [2.45, 2.75) is 46.6 Å². The van der Waals surface area contributed by atoms with Gasteiger partial charge in [-0.25, -0.2) is 0 Å². The maximum absolute atomic E-state index is 11.8. The van der Waals surface area contributed by atoms with E-state index in [1.165, 1.54) is 0 Å². The molecule has 0 aromatic rings. The van der Waals surface area contributed by atoms with Gasteiger partial charge in [-0.05, 0) is 48.5 Å². The molecule has 0 aliphatic heterocycles. The van der Waals surface area contributed by atoms with E-state index in [4.69, 9.17) is 0 Å². The average Bonchev–Trinajstić information content (AvgIpc) is 2.20. The van der Waals surface area contributed by atoms with Crippen LogP contribution in [0.15, 0.2) is 11.6 Å². The molecule has 2 aliphatic rings. The second kappa shape index (κ2) is 4.56. The van der Waals surface area contributed by atoms with Crippen molar-refractivity contribution >= 4 is 5.78 Å². The normalized spacial score (nSPS) is 42.4. The van der Waals surface area contributed by atoms with Gasteiger partial charge in [-0.1, -0.05) is 26.8 Å². The molecule has 2 rings (SSSR count). The van der Waals surface area contributed by atoms with Crippen molar-refractivity contribution in [3.05, 3.63) is 11.6 Å². The summed E-state index contributed by atoms with van der Waals surface area (Å²) in [7, 11) is 0. The molecule has 0 bridgehead atoms. The Labute approximate surface area is 104 Å². The summed E-state index contributed by atoms with van der Waals surface area (Å²) >= 11 is 0. The average molecular weight is 236 g/mol. The van der Waals surface area contributed by atoms with Crippen LogP contribution in [-0.4, -0.2) is 17.0 Å². The molecule has 0 aromatic heterocycles. The Kier molecular flexibility index (Phi) is 3.44. The lowest BCUT2D eigenvalue weighted by atomic mass is 9.59. The first kappa shape index (κ1) is 12.8. The zero-order valence-corrected chi connectivity index (χ0v) is 11.3. The smallest absolute Gasteiger partial charge is 0.158 e. The summed E-state index contributed by atoms with van der Waals surface area (Å²) in [5.74, 6) is 2.39. The van der Waals surface area contributed by atoms with Crippen molar-refractivity contribution < 1.29 is 9.90 Å². The van der Waals surface area contributed by atoms with Gasteiger partial charge in [0, 0.05) is 6.42 Å². The quantitative estimate of drug-likeness (QED) is 0.760. The van der Waals surface area contributed by atoms with Crippen LogP contribution in [0.2, 0.25) is 0 Å². The van der Waals surface area contributed by atoms with E-state index in [1.807, 2.05) is 6.92 Å². The fourth-order valence-corrected chi connectivity index (χ4v) is 3.85. The summed E-state index contributed by atoms with van der Waals surface area (Å²) in [6.07, 6.45) is 3.47. The molecule has 0 unspecified atom stereocenters. The fraction of sp³-hybridized carbons (Fsp3) is 0.800. The molecule has 0 saturated heterocycles. The van der Waals surface area contributed by atoms with Gasteiger partial charge in [-0.15, -0.1) is 0 Å². The number of fused-ring (bicyclic) bond motifs is 1. The SMILES string of the molecule is CC1=C[C@@H]2[C@H](CC1=O)[C@@H](C)C[C@@H](O)[C@@H]2C(C)C. The number of carbonyl (C=O) groups is 1. The number of allylic oxidation sites excluding steroid dienone is 2. The number of ketones is 1. The number of aliphatic hydroxyl groups is 1. The van der Waals surface area contributed by atoms with Crippen LogP contribution in [0.25, 0.3) is 0 Å². The van der Waals surface area contributed by atoms with Gasteiger partial charge in [-0.2, -0.15) is 0 Å². The van der Waals surface area contributed by atoms with Gasteiger partial charge in [0.1, 0.15) is 0 Å². The number of hydrogen-bond acceptors (Lipinski definition) is 2. The van der Waals surface area contributed by atoms with Crippen molar-refractivity contribution in [2.75, 3.05) is 0 Å². The van der Waals surface area contributed by atoms with Gasteiger partial charge in [0.25, 0.3) is 0 Å². The first-order valence-electron chi connectivity index (χ1n) is 6.81. The van der Waals surface area contributed by atoms with Crippen LogP contribution in [-0.2, 0) is 4.79 Å². The van der Waals surface area contributed by atoms with E-state index in [-0.39, 0.29) is 6.10 Å². The minimum atomic E-state index is -0.205. The topological polar surface area (TPSA) is 37.3 Å². The third-order valence-electron chi connectivity index (χ3n) is 4.80.